The predicted molar refractivity (Wildman–Crippen MR) is 87.3 cm³/mol. The van der Waals surface area contributed by atoms with Crippen LogP contribution in [0, 0.1) is 11.6 Å². The molecule has 1 aromatic heterocycles. The number of hydrogen-bond donors (Lipinski definition) is 1. The minimum absolute atomic E-state index is 0.180. The fourth-order valence-corrected chi connectivity index (χ4v) is 2.56. The summed E-state index contributed by atoms with van der Waals surface area (Å²) in [6, 6.07) is 6.70. The van der Waals surface area contributed by atoms with Crippen LogP contribution in [0.25, 0.3) is 0 Å². The van der Waals surface area contributed by atoms with Crippen molar-refractivity contribution in [1.29, 1.82) is 0 Å². The van der Waals surface area contributed by atoms with E-state index < -0.39 is 11.6 Å². The summed E-state index contributed by atoms with van der Waals surface area (Å²) >= 11 is 0. The Morgan fingerprint density at radius 2 is 1.79 bits per heavy atom. The lowest BCUT2D eigenvalue weighted by Crippen LogP contribution is -2.47. The molecule has 1 amide bonds. The number of benzene rings is 1. The minimum Gasteiger partial charge on any atom is -0.351 e. The third-order valence-electron chi connectivity index (χ3n) is 4.00. The van der Waals surface area contributed by atoms with Gasteiger partial charge < -0.3 is 15.1 Å². The zero-order valence-electron chi connectivity index (χ0n) is 13.3. The van der Waals surface area contributed by atoms with Crippen molar-refractivity contribution in [2.45, 2.75) is 0 Å². The number of likely N-dealkylation sites (N-methyl/N-ethyl adjacent to an activating group) is 1. The molecule has 1 saturated heterocycles. The fourth-order valence-electron chi connectivity index (χ4n) is 2.56. The zero-order valence-corrected chi connectivity index (χ0v) is 13.3. The van der Waals surface area contributed by atoms with Gasteiger partial charge in [0.2, 0.25) is 0 Å². The molecule has 1 aliphatic heterocycles. The van der Waals surface area contributed by atoms with Crippen LogP contribution in [-0.2, 0) is 0 Å². The van der Waals surface area contributed by atoms with Gasteiger partial charge >= 0.3 is 0 Å². The summed E-state index contributed by atoms with van der Waals surface area (Å²) in [6.07, 6.45) is 1.45. The van der Waals surface area contributed by atoms with E-state index in [1.165, 1.54) is 30.5 Å². The molecule has 0 bridgehead atoms. The van der Waals surface area contributed by atoms with Crippen LogP contribution < -0.4 is 5.32 Å². The maximum atomic E-state index is 13.7. The number of amides is 1. The summed E-state index contributed by atoms with van der Waals surface area (Å²) in [5.74, 6) is -1.57. The summed E-state index contributed by atoms with van der Waals surface area (Å²) in [4.78, 5) is 20.5. The van der Waals surface area contributed by atoms with Crippen molar-refractivity contribution in [3.05, 3.63) is 53.9 Å². The van der Waals surface area contributed by atoms with Gasteiger partial charge in [-0.2, -0.15) is 0 Å². The number of pyridine rings is 1. The Hall–Kier alpha value is -2.54. The second-order valence-corrected chi connectivity index (χ2v) is 5.75. The van der Waals surface area contributed by atoms with E-state index in [1.807, 2.05) is 7.05 Å². The Morgan fingerprint density at radius 3 is 2.46 bits per heavy atom. The molecule has 0 radical (unpaired) electrons. The average Bonchev–Trinajstić information content (AvgIpc) is 2.59. The lowest BCUT2D eigenvalue weighted by molar-refractivity contribution is 0.0658. The summed E-state index contributed by atoms with van der Waals surface area (Å²) in [7, 11) is 2.01. The zero-order chi connectivity index (χ0) is 17.1. The van der Waals surface area contributed by atoms with Gasteiger partial charge in [-0.25, -0.2) is 8.78 Å². The Kier molecular flexibility index (Phi) is 4.71. The number of hydrogen-bond acceptors (Lipinski definition) is 4. The van der Waals surface area contributed by atoms with E-state index in [-0.39, 0.29) is 17.3 Å². The van der Waals surface area contributed by atoms with Crippen molar-refractivity contribution >= 4 is 17.3 Å². The van der Waals surface area contributed by atoms with E-state index in [9.17, 15) is 13.6 Å². The molecule has 24 heavy (non-hydrogen) atoms. The topological polar surface area (TPSA) is 48.5 Å². The minimum atomic E-state index is -0.696. The van der Waals surface area contributed by atoms with E-state index in [0.29, 0.717) is 18.8 Å². The summed E-state index contributed by atoms with van der Waals surface area (Å²) in [5, 5.41) is 2.68. The molecule has 1 N–H and O–H groups in total. The van der Waals surface area contributed by atoms with E-state index in [4.69, 9.17) is 0 Å². The second-order valence-electron chi connectivity index (χ2n) is 5.75. The number of halogens is 2. The number of nitrogens with zero attached hydrogens (tertiary/aromatic N) is 3. The molecular formula is C17H18F2N4O. The third-order valence-corrected chi connectivity index (χ3v) is 4.00. The molecule has 1 fully saturated rings. The molecule has 2 heterocycles. The highest BCUT2D eigenvalue weighted by atomic mass is 19.1. The SMILES string of the molecule is CN1CCN(C(=O)c2cc(Nc3c(F)cccc3F)ccn2)CC1. The van der Waals surface area contributed by atoms with E-state index in [0.717, 1.165) is 13.1 Å². The molecule has 5 nitrogen and oxygen atoms in total. The van der Waals surface area contributed by atoms with Gasteiger partial charge in [0.15, 0.2) is 0 Å². The first-order chi connectivity index (χ1) is 11.5. The van der Waals surface area contributed by atoms with Crippen molar-refractivity contribution in [2.75, 3.05) is 38.5 Å². The van der Waals surface area contributed by atoms with Gasteiger partial charge in [-0.3, -0.25) is 9.78 Å². The first-order valence-corrected chi connectivity index (χ1v) is 7.69. The van der Waals surface area contributed by atoms with E-state index in [2.05, 4.69) is 15.2 Å². The quantitative estimate of drug-likeness (QED) is 0.938. The van der Waals surface area contributed by atoms with Gasteiger partial charge in [-0.1, -0.05) is 6.07 Å². The van der Waals surface area contributed by atoms with Crippen molar-refractivity contribution < 1.29 is 13.6 Å². The molecule has 1 aromatic carbocycles. The normalized spacial score (nSPS) is 15.4. The van der Waals surface area contributed by atoms with Crippen molar-refractivity contribution in [1.82, 2.24) is 14.8 Å². The number of piperazine rings is 1. The molecule has 0 aliphatic carbocycles. The number of nitrogens with one attached hydrogen (secondary N) is 1. The first-order valence-electron chi connectivity index (χ1n) is 7.69. The van der Waals surface area contributed by atoms with Crippen LogP contribution in [0.4, 0.5) is 20.2 Å². The predicted octanol–water partition coefficient (Wildman–Crippen LogP) is 2.49. The smallest absolute Gasteiger partial charge is 0.272 e. The highest BCUT2D eigenvalue weighted by molar-refractivity contribution is 5.93. The van der Waals surface area contributed by atoms with Crippen LogP contribution in [0.2, 0.25) is 0 Å². The number of rotatable bonds is 3. The molecule has 2 aromatic rings. The second kappa shape index (κ2) is 6.92. The van der Waals surface area contributed by atoms with Crippen LogP contribution in [0.3, 0.4) is 0 Å². The lowest BCUT2D eigenvalue weighted by Gasteiger charge is -2.32. The molecule has 7 heteroatoms. The lowest BCUT2D eigenvalue weighted by atomic mass is 10.2. The maximum absolute atomic E-state index is 13.7. The Bertz CT molecular complexity index is 725. The van der Waals surface area contributed by atoms with E-state index >= 15 is 0 Å². The number of carbonyl (C=O) groups is 1. The standard InChI is InChI=1S/C17H18F2N4O/c1-22-7-9-23(10-8-22)17(24)15-11-12(5-6-20-15)21-16-13(18)3-2-4-14(16)19/h2-6,11H,7-10H2,1H3,(H,20,21). The average molecular weight is 332 g/mol. The summed E-state index contributed by atoms with van der Waals surface area (Å²) in [6.45, 7) is 2.89. The van der Waals surface area contributed by atoms with Crippen molar-refractivity contribution in [3.8, 4) is 0 Å². The van der Waals surface area contributed by atoms with Crippen molar-refractivity contribution in [2.24, 2.45) is 0 Å². The molecule has 0 saturated carbocycles. The van der Waals surface area contributed by atoms with Crippen LogP contribution >= 0.6 is 0 Å². The third kappa shape index (κ3) is 3.51. The molecule has 3 rings (SSSR count). The molecule has 0 unspecified atom stereocenters. The number of carbonyl (C=O) groups excluding carboxylic acids is 1. The van der Waals surface area contributed by atoms with Crippen molar-refractivity contribution in [3.63, 3.8) is 0 Å². The monoisotopic (exact) mass is 332 g/mol. The van der Waals surface area contributed by atoms with Gasteiger partial charge in [-0.05, 0) is 31.3 Å². The van der Waals surface area contributed by atoms with Crippen LogP contribution in [0.5, 0.6) is 0 Å². The molecule has 1 aliphatic rings. The number of para-hydroxylation sites is 1. The Balaban J connectivity index is 1.78. The fraction of sp³-hybridized carbons (Fsp3) is 0.294. The Labute approximate surface area is 138 Å². The Morgan fingerprint density at radius 1 is 1.12 bits per heavy atom. The molecule has 126 valence electrons. The van der Waals surface area contributed by atoms with Crippen LogP contribution in [0.15, 0.2) is 36.5 Å². The van der Waals surface area contributed by atoms with Gasteiger partial charge in [0.25, 0.3) is 5.91 Å². The van der Waals surface area contributed by atoms with Gasteiger partial charge in [0.05, 0.1) is 0 Å². The summed E-state index contributed by atoms with van der Waals surface area (Å²) in [5.41, 5.74) is 0.412. The van der Waals surface area contributed by atoms with Gasteiger partial charge in [0.1, 0.15) is 23.0 Å². The largest absolute Gasteiger partial charge is 0.351 e. The number of aromatic nitrogens is 1. The molecular weight excluding hydrogens is 314 g/mol. The highest BCUT2D eigenvalue weighted by Crippen LogP contribution is 2.23. The van der Waals surface area contributed by atoms with Crippen LogP contribution in [0.1, 0.15) is 10.5 Å². The first kappa shape index (κ1) is 16.3. The number of anilines is 2. The van der Waals surface area contributed by atoms with Crippen LogP contribution in [-0.4, -0.2) is 53.9 Å². The van der Waals surface area contributed by atoms with Gasteiger partial charge in [0, 0.05) is 38.1 Å². The van der Waals surface area contributed by atoms with E-state index in [1.54, 1.807) is 11.0 Å². The molecule has 0 spiro atoms. The molecule has 0 atom stereocenters. The highest BCUT2D eigenvalue weighted by Gasteiger charge is 2.21. The maximum Gasteiger partial charge on any atom is 0.272 e. The summed E-state index contributed by atoms with van der Waals surface area (Å²) < 4.78 is 27.4. The van der Waals surface area contributed by atoms with Gasteiger partial charge in [-0.15, -0.1) is 0 Å².